The van der Waals surface area contributed by atoms with Gasteiger partial charge in [-0.25, -0.2) is 0 Å². The van der Waals surface area contributed by atoms with Crippen LogP contribution >= 0.6 is 0 Å². The Morgan fingerprint density at radius 3 is 2.27 bits per heavy atom. The molecule has 1 heterocycles. The van der Waals surface area contributed by atoms with Gasteiger partial charge < -0.3 is 10.4 Å². The quantitative estimate of drug-likeness (QED) is 0.912. The highest BCUT2D eigenvalue weighted by molar-refractivity contribution is 5.93. The lowest BCUT2D eigenvalue weighted by Gasteiger charge is -2.13. The van der Waals surface area contributed by atoms with Crippen molar-refractivity contribution < 1.29 is 23.1 Å². The number of hydrogen-bond donors (Lipinski definition) is 2. The number of nitrogens with one attached hydrogen (secondary N) is 1. The molecule has 1 aromatic carbocycles. The average Bonchev–Trinajstić information content (AvgIpc) is 2.52. The first kappa shape index (κ1) is 16.0. The number of hydrogen-bond acceptors (Lipinski definition) is 3. The molecule has 2 N–H and O–H groups in total. The Morgan fingerprint density at radius 2 is 1.73 bits per heavy atom. The SMILES string of the molecule is O=C(NCC(O)c1ccc(C(F)(F)F)cc1)c1ccncc1. The Bertz CT molecular complexity index is 627. The van der Waals surface area contributed by atoms with E-state index < -0.39 is 23.8 Å². The summed E-state index contributed by atoms with van der Waals surface area (Å²) in [7, 11) is 0. The lowest BCUT2D eigenvalue weighted by molar-refractivity contribution is -0.137. The van der Waals surface area contributed by atoms with E-state index in [9.17, 15) is 23.1 Å². The van der Waals surface area contributed by atoms with Gasteiger partial charge in [-0.1, -0.05) is 12.1 Å². The molecule has 0 aliphatic rings. The van der Waals surface area contributed by atoms with Gasteiger partial charge in [-0.3, -0.25) is 9.78 Å². The van der Waals surface area contributed by atoms with Crippen molar-refractivity contribution >= 4 is 5.91 Å². The van der Waals surface area contributed by atoms with E-state index in [1.165, 1.54) is 36.7 Å². The predicted octanol–water partition coefficient (Wildman–Crippen LogP) is 2.56. The van der Waals surface area contributed by atoms with E-state index in [4.69, 9.17) is 0 Å². The molecule has 4 nitrogen and oxygen atoms in total. The van der Waals surface area contributed by atoms with Crippen molar-refractivity contribution in [2.45, 2.75) is 12.3 Å². The van der Waals surface area contributed by atoms with Gasteiger partial charge in [0.1, 0.15) is 0 Å². The molecule has 1 amide bonds. The fourth-order valence-electron chi connectivity index (χ4n) is 1.81. The zero-order valence-corrected chi connectivity index (χ0v) is 11.3. The van der Waals surface area contributed by atoms with Crippen molar-refractivity contribution in [1.29, 1.82) is 0 Å². The van der Waals surface area contributed by atoms with Crippen LogP contribution in [0.4, 0.5) is 13.2 Å². The number of amides is 1. The van der Waals surface area contributed by atoms with Crippen LogP contribution in [0.25, 0.3) is 0 Å². The number of carbonyl (C=O) groups is 1. The molecule has 7 heteroatoms. The van der Waals surface area contributed by atoms with Crippen LogP contribution in [0.1, 0.15) is 27.6 Å². The van der Waals surface area contributed by atoms with Crippen LogP contribution < -0.4 is 5.32 Å². The van der Waals surface area contributed by atoms with Crippen molar-refractivity contribution in [2.75, 3.05) is 6.54 Å². The molecule has 0 saturated carbocycles. The van der Waals surface area contributed by atoms with Gasteiger partial charge in [0.2, 0.25) is 0 Å². The average molecular weight is 310 g/mol. The number of rotatable bonds is 4. The van der Waals surface area contributed by atoms with Crippen LogP contribution in [0.2, 0.25) is 0 Å². The highest BCUT2D eigenvalue weighted by atomic mass is 19.4. The number of aliphatic hydroxyl groups is 1. The molecule has 0 aliphatic heterocycles. The topological polar surface area (TPSA) is 62.2 Å². The van der Waals surface area contributed by atoms with Crippen LogP contribution in [0.5, 0.6) is 0 Å². The van der Waals surface area contributed by atoms with Gasteiger partial charge in [0, 0.05) is 24.5 Å². The molecule has 0 bridgehead atoms. The highest BCUT2D eigenvalue weighted by Crippen LogP contribution is 2.29. The molecule has 0 saturated heterocycles. The van der Waals surface area contributed by atoms with Crippen molar-refractivity contribution in [2.24, 2.45) is 0 Å². The summed E-state index contributed by atoms with van der Waals surface area (Å²) in [5.41, 5.74) is -0.109. The molecular weight excluding hydrogens is 297 g/mol. The number of alkyl halides is 3. The molecule has 0 radical (unpaired) electrons. The van der Waals surface area contributed by atoms with Crippen molar-refractivity contribution in [1.82, 2.24) is 10.3 Å². The third-order valence-electron chi connectivity index (χ3n) is 3.02. The second-order valence-electron chi connectivity index (χ2n) is 4.58. The molecule has 1 unspecified atom stereocenters. The third kappa shape index (κ3) is 4.05. The molecule has 0 spiro atoms. The van der Waals surface area contributed by atoms with E-state index in [1.807, 2.05) is 0 Å². The Hall–Kier alpha value is -2.41. The largest absolute Gasteiger partial charge is 0.416 e. The van der Waals surface area contributed by atoms with Crippen molar-refractivity contribution in [3.05, 3.63) is 65.5 Å². The van der Waals surface area contributed by atoms with E-state index in [-0.39, 0.29) is 6.54 Å². The number of aromatic nitrogens is 1. The van der Waals surface area contributed by atoms with E-state index >= 15 is 0 Å². The summed E-state index contributed by atoms with van der Waals surface area (Å²) in [6, 6.07) is 7.18. The van der Waals surface area contributed by atoms with Crippen LogP contribution in [-0.4, -0.2) is 22.5 Å². The molecule has 2 rings (SSSR count). The molecule has 1 atom stereocenters. The Morgan fingerprint density at radius 1 is 1.14 bits per heavy atom. The maximum absolute atomic E-state index is 12.4. The van der Waals surface area contributed by atoms with Gasteiger partial charge in [0.15, 0.2) is 0 Å². The molecule has 1 aromatic heterocycles. The van der Waals surface area contributed by atoms with E-state index in [2.05, 4.69) is 10.3 Å². The van der Waals surface area contributed by atoms with E-state index in [0.29, 0.717) is 11.1 Å². The number of benzene rings is 1. The van der Waals surface area contributed by atoms with Crippen LogP contribution in [0, 0.1) is 0 Å². The minimum absolute atomic E-state index is 0.105. The van der Waals surface area contributed by atoms with Gasteiger partial charge in [-0.05, 0) is 29.8 Å². The molecule has 22 heavy (non-hydrogen) atoms. The summed E-state index contributed by atoms with van der Waals surface area (Å²) < 4.78 is 37.3. The first-order chi connectivity index (χ1) is 10.4. The normalized spacial score (nSPS) is 12.7. The summed E-state index contributed by atoms with van der Waals surface area (Å²) >= 11 is 0. The molecule has 116 valence electrons. The predicted molar refractivity (Wildman–Crippen MR) is 73.0 cm³/mol. The molecule has 0 fully saturated rings. The zero-order chi connectivity index (χ0) is 16.2. The summed E-state index contributed by atoms with van der Waals surface area (Å²) in [4.78, 5) is 15.5. The lowest BCUT2D eigenvalue weighted by Crippen LogP contribution is -2.28. The fourth-order valence-corrected chi connectivity index (χ4v) is 1.81. The molecule has 0 aliphatic carbocycles. The maximum atomic E-state index is 12.4. The smallest absolute Gasteiger partial charge is 0.387 e. The molecule has 2 aromatic rings. The third-order valence-corrected chi connectivity index (χ3v) is 3.02. The summed E-state index contributed by atoms with van der Waals surface area (Å²) in [6.45, 7) is -0.105. The van der Waals surface area contributed by atoms with E-state index in [1.54, 1.807) is 0 Å². The van der Waals surface area contributed by atoms with Gasteiger partial charge in [-0.15, -0.1) is 0 Å². The second kappa shape index (κ2) is 6.57. The number of nitrogens with zero attached hydrogens (tertiary/aromatic N) is 1. The maximum Gasteiger partial charge on any atom is 0.416 e. The van der Waals surface area contributed by atoms with Crippen molar-refractivity contribution in [3.63, 3.8) is 0 Å². The Balaban J connectivity index is 1.95. The second-order valence-corrected chi connectivity index (χ2v) is 4.58. The fraction of sp³-hybridized carbons (Fsp3) is 0.200. The van der Waals surface area contributed by atoms with Gasteiger partial charge in [-0.2, -0.15) is 13.2 Å². The summed E-state index contributed by atoms with van der Waals surface area (Å²) in [5, 5.41) is 12.4. The minimum atomic E-state index is -4.42. The van der Waals surface area contributed by atoms with Crippen LogP contribution in [-0.2, 0) is 6.18 Å². The number of halogens is 3. The number of aliphatic hydroxyl groups excluding tert-OH is 1. The highest BCUT2D eigenvalue weighted by Gasteiger charge is 2.30. The standard InChI is InChI=1S/C15H13F3N2O2/c16-15(17,18)12-3-1-10(2-4-12)13(21)9-20-14(22)11-5-7-19-8-6-11/h1-8,13,21H,9H2,(H,20,22). The Labute approximate surface area is 124 Å². The van der Waals surface area contributed by atoms with Gasteiger partial charge >= 0.3 is 6.18 Å². The lowest BCUT2D eigenvalue weighted by atomic mass is 10.1. The van der Waals surface area contributed by atoms with Crippen LogP contribution in [0.15, 0.2) is 48.8 Å². The Kier molecular flexibility index (Phi) is 4.77. The van der Waals surface area contributed by atoms with Gasteiger partial charge in [0.05, 0.1) is 11.7 Å². The summed E-state index contributed by atoms with van der Waals surface area (Å²) in [6.07, 6.45) is -2.59. The summed E-state index contributed by atoms with van der Waals surface area (Å²) in [5.74, 6) is -0.395. The zero-order valence-electron chi connectivity index (χ0n) is 11.3. The first-order valence-electron chi connectivity index (χ1n) is 6.41. The van der Waals surface area contributed by atoms with Crippen molar-refractivity contribution in [3.8, 4) is 0 Å². The number of carbonyl (C=O) groups excluding carboxylic acids is 1. The van der Waals surface area contributed by atoms with Crippen LogP contribution in [0.3, 0.4) is 0 Å². The minimum Gasteiger partial charge on any atom is -0.387 e. The first-order valence-corrected chi connectivity index (χ1v) is 6.41. The van der Waals surface area contributed by atoms with E-state index in [0.717, 1.165) is 12.1 Å². The van der Waals surface area contributed by atoms with Gasteiger partial charge in [0.25, 0.3) is 5.91 Å². The number of pyridine rings is 1. The molecular formula is C15H13F3N2O2. The monoisotopic (exact) mass is 310 g/mol.